The van der Waals surface area contributed by atoms with Gasteiger partial charge in [-0.1, -0.05) is 55.5 Å². The van der Waals surface area contributed by atoms with Crippen LogP contribution in [0, 0.1) is 15.5 Å². The minimum Gasteiger partial charge on any atom is -0.484 e. The van der Waals surface area contributed by atoms with E-state index in [1.54, 1.807) is 36.4 Å². The normalized spacial score (nSPS) is 25.0. The Hall–Kier alpha value is -4.38. The summed E-state index contributed by atoms with van der Waals surface area (Å²) in [6.45, 7) is 1.62. The molecular formula is C29H27N3O7S. The number of nitro groups is 1. The molecule has 0 saturated carbocycles. The second-order valence-corrected chi connectivity index (χ2v) is 11.3. The fourth-order valence-electron chi connectivity index (χ4n) is 5.69. The highest BCUT2D eigenvalue weighted by Crippen LogP contribution is 2.55. The van der Waals surface area contributed by atoms with Crippen LogP contribution in [0.25, 0.3) is 0 Å². The van der Waals surface area contributed by atoms with Gasteiger partial charge in [0, 0.05) is 27.7 Å². The molecule has 2 fully saturated rings. The van der Waals surface area contributed by atoms with Crippen molar-refractivity contribution in [3.63, 3.8) is 0 Å². The van der Waals surface area contributed by atoms with Crippen LogP contribution >= 0.6 is 11.8 Å². The third-order valence-corrected chi connectivity index (χ3v) is 9.06. The van der Waals surface area contributed by atoms with E-state index in [-0.39, 0.29) is 12.3 Å². The quantitative estimate of drug-likeness (QED) is 0.218. The molecule has 2 aliphatic heterocycles. The molecule has 40 heavy (non-hydrogen) atoms. The van der Waals surface area contributed by atoms with Crippen LogP contribution in [-0.4, -0.2) is 62.7 Å². The van der Waals surface area contributed by atoms with Gasteiger partial charge in [-0.3, -0.25) is 19.7 Å². The van der Waals surface area contributed by atoms with Crippen molar-refractivity contribution in [2.75, 3.05) is 6.61 Å². The molecule has 2 amide bonds. The van der Waals surface area contributed by atoms with Gasteiger partial charge in [0.2, 0.25) is 5.91 Å². The molecule has 3 aromatic carbocycles. The van der Waals surface area contributed by atoms with Crippen molar-refractivity contribution in [1.29, 1.82) is 0 Å². The lowest BCUT2D eigenvalue weighted by atomic mass is 9.71. The zero-order chi connectivity index (χ0) is 28.4. The van der Waals surface area contributed by atoms with Crippen LogP contribution in [0.1, 0.15) is 12.5 Å². The Bertz CT molecular complexity index is 1420. The number of benzene rings is 3. The molecule has 11 heteroatoms. The second-order valence-electron chi connectivity index (χ2n) is 10.1. The van der Waals surface area contributed by atoms with Gasteiger partial charge >= 0.3 is 5.97 Å². The summed E-state index contributed by atoms with van der Waals surface area (Å²) in [6.07, 6.45) is 0.334. The molecule has 3 aromatic rings. The van der Waals surface area contributed by atoms with Crippen LogP contribution in [-0.2, 0) is 20.8 Å². The highest BCUT2D eigenvalue weighted by molar-refractivity contribution is 8.00. The second kappa shape index (κ2) is 11.0. The van der Waals surface area contributed by atoms with E-state index in [2.05, 4.69) is 5.32 Å². The molecule has 0 unspecified atom stereocenters. The van der Waals surface area contributed by atoms with E-state index in [0.29, 0.717) is 12.2 Å². The number of nitrogens with one attached hydrogen (secondary N) is 1. The molecule has 5 atom stereocenters. The van der Waals surface area contributed by atoms with Gasteiger partial charge in [0.15, 0.2) is 6.61 Å². The summed E-state index contributed by atoms with van der Waals surface area (Å²) in [5.41, 5.74) is -0.108. The Labute approximate surface area is 234 Å². The molecule has 0 aliphatic carbocycles. The maximum atomic E-state index is 13.3. The predicted molar refractivity (Wildman–Crippen MR) is 147 cm³/mol. The van der Waals surface area contributed by atoms with Gasteiger partial charge in [-0.25, -0.2) is 4.79 Å². The van der Waals surface area contributed by atoms with Crippen LogP contribution in [0.3, 0.4) is 0 Å². The topological polar surface area (TPSA) is 139 Å². The molecule has 2 heterocycles. The lowest BCUT2D eigenvalue weighted by Gasteiger charge is -2.49. The maximum absolute atomic E-state index is 13.3. The number of non-ortho nitro benzene ring substituents is 1. The molecule has 0 aromatic heterocycles. The number of hydrogen-bond donors (Lipinski definition) is 2. The molecule has 10 nitrogen and oxygen atoms in total. The Balaban J connectivity index is 1.45. The zero-order valence-electron chi connectivity index (χ0n) is 21.5. The van der Waals surface area contributed by atoms with E-state index >= 15 is 0 Å². The number of nitro benzene ring substituents is 1. The number of carboxylic acids is 1. The summed E-state index contributed by atoms with van der Waals surface area (Å²) in [5, 5.41) is 23.7. The zero-order valence-corrected chi connectivity index (χ0v) is 22.3. The third-order valence-electron chi connectivity index (χ3n) is 7.47. The van der Waals surface area contributed by atoms with Crippen LogP contribution in [0.2, 0.25) is 0 Å². The van der Waals surface area contributed by atoms with Crippen molar-refractivity contribution >= 4 is 35.2 Å². The number of β-lactam (4-membered cyclic amide) rings is 1. The number of carboxylic acid groups (broad SMARTS) is 1. The Morgan fingerprint density at radius 2 is 1.68 bits per heavy atom. The number of fused-ring (bicyclic) bond motifs is 1. The molecule has 2 N–H and O–H groups in total. The lowest BCUT2D eigenvalue weighted by Crippen LogP contribution is -2.73. The summed E-state index contributed by atoms with van der Waals surface area (Å²) in [7, 11) is 0. The minimum absolute atomic E-state index is 0.0528. The van der Waals surface area contributed by atoms with E-state index in [9.17, 15) is 29.6 Å². The Morgan fingerprint density at radius 3 is 2.27 bits per heavy atom. The van der Waals surface area contributed by atoms with E-state index in [0.717, 1.165) is 10.5 Å². The first-order chi connectivity index (χ1) is 19.2. The lowest BCUT2D eigenvalue weighted by molar-refractivity contribution is -0.384. The molecule has 2 saturated heterocycles. The molecule has 0 bridgehead atoms. The third kappa shape index (κ3) is 5.12. The number of aliphatic carboxylic acids is 1. The van der Waals surface area contributed by atoms with Crippen LogP contribution in [0.15, 0.2) is 89.8 Å². The van der Waals surface area contributed by atoms with Crippen LogP contribution in [0.4, 0.5) is 5.69 Å². The van der Waals surface area contributed by atoms with Crippen LogP contribution in [0.5, 0.6) is 5.75 Å². The number of hydrogen-bond acceptors (Lipinski definition) is 7. The molecule has 2 aliphatic rings. The summed E-state index contributed by atoms with van der Waals surface area (Å²) < 4.78 is 5.53. The highest BCUT2D eigenvalue weighted by Gasteiger charge is 2.70. The fraction of sp³-hybridized carbons (Fsp3) is 0.276. The summed E-state index contributed by atoms with van der Waals surface area (Å²) in [4.78, 5) is 51.7. The molecule has 0 spiro atoms. The Morgan fingerprint density at radius 1 is 1.05 bits per heavy atom. The van der Waals surface area contributed by atoms with Crippen molar-refractivity contribution in [3.8, 4) is 5.75 Å². The van der Waals surface area contributed by atoms with Gasteiger partial charge in [0.25, 0.3) is 11.6 Å². The molecule has 5 rings (SSSR count). The largest absolute Gasteiger partial charge is 0.484 e. The van der Waals surface area contributed by atoms with Gasteiger partial charge in [0.05, 0.1) is 11.0 Å². The monoisotopic (exact) mass is 561 g/mol. The first-order valence-corrected chi connectivity index (χ1v) is 13.5. The summed E-state index contributed by atoms with van der Waals surface area (Å²) >= 11 is 1.38. The van der Waals surface area contributed by atoms with Gasteiger partial charge in [-0.05, 0) is 36.2 Å². The van der Waals surface area contributed by atoms with Crippen molar-refractivity contribution in [2.45, 2.75) is 41.6 Å². The van der Waals surface area contributed by atoms with Crippen LogP contribution < -0.4 is 10.1 Å². The van der Waals surface area contributed by atoms with Gasteiger partial charge in [0.1, 0.15) is 17.8 Å². The number of thioether (sulfide) groups is 1. The van der Waals surface area contributed by atoms with Gasteiger partial charge in [-0.15, -0.1) is 11.8 Å². The first-order valence-electron chi connectivity index (χ1n) is 12.7. The number of rotatable bonds is 10. The van der Waals surface area contributed by atoms with Crippen molar-refractivity contribution in [3.05, 3.63) is 101 Å². The van der Waals surface area contributed by atoms with Gasteiger partial charge < -0.3 is 20.1 Å². The average Bonchev–Trinajstić information content (AvgIpc) is 3.17. The standard InChI is InChI=1S/C29H27N3O7S/c1-29(16-18-12-14-19(15-13-18)32(37)38)25-23(30-22(33)17-39-20-8-4-2-5-9-20)27(34)31(25)24(28(35)36)26(29)40-21-10-6-3-7-11-21/h2-15,23-26H,16-17H2,1H3,(H,30,33)(H,35,36)/t23-,24+,25-,26-,29-/m0/s1. The average molecular weight is 562 g/mol. The van der Waals surface area contributed by atoms with E-state index in [1.165, 1.54) is 28.8 Å². The van der Waals surface area contributed by atoms with E-state index in [4.69, 9.17) is 4.74 Å². The molecular weight excluding hydrogens is 534 g/mol. The Kier molecular flexibility index (Phi) is 7.49. The van der Waals surface area contributed by atoms with E-state index in [1.807, 2.05) is 43.3 Å². The molecule has 206 valence electrons. The van der Waals surface area contributed by atoms with Crippen molar-refractivity contribution in [1.82, 2.24) is 10.2 Å². The fourth-order valence-corrected chi connectivity index (χ4v) is 7.17. The number of carbonyl (C=O) groups is 3. The number of ether oxygens (including phenoxy) is 1. The first kappa shape index (κ1) is 27.2. The minimum atomic E-state index is -1.13. The molecule has 0 radical (unpaired) electrons. The number of nitrogens with zero attached hydrogens (tertiary/aromatic N) is 2. The highest BCUT2D eigenvalue weighted by atomic mass is 32.2. The van der Waals surface area contributed by atoms with E-state index < -0.39 is 51.5 Å². The number of para-hydroxylation sites is 1. The SMILES string of the molecule is C[C@]1(Cc2ccc([N+](=O)[O-])cc2)[C@@H]2[C@H](NC(=O)COc3ccccc3)C(=O)N2[C@@H](C(=O)O)[C@@H]1Sc1ccccc1. The summed E-state index contributed by atoms with van der Waals surface area (Å²) in [5.74, 6) is -1.58. The maximum Gasteiger partial charge on any atom is 0.327 e. The number of amides is 2. The van der Waals surface area contributed by atoms with Crippen molar-refractivity contribution in [2.24, 2.45) is 5.41 Å². The predicted octanol–water partition coefficient (Wildman–Crippen LogP) is 3.55. The van der Waals surface area contributed by atoms with Gasteiger partial charge in [-0.2, -0.15) is 0 Å². The van der Waals surface area contributed by atoms with Crippen molar-refractivity contribution < 1.29 is 29.2 Å². The number of carbonyl (C=O) groups excluding carboxylic acids is 2. The smallest absolute Gasteiger partial charge is 0.327 e. The summed E-state index contributed by atoms with van der Waals surface area (Å²) in [6, 6.07) is 21.6.